The third-order valence-electron chi connectivity index (χ3n) is 5.80. The summed E-state index contributed by atoms with van der Waals surface area (Å²) in [7, 11) is 4.06. The number of rotatable bonds is 6. The second-order valence-electron chi connectivity index (χ2n) is 8.06. The van der Waals surface area contributed by atoms with E-state index in [1.54, 1.807) is 0 Å². The molecule has 1 saturated carbocycles. The van der Waals surface area contributed by atoms with E-state index in [4.69, 9.17) is 4.74 Å². The Bertz CT molecular complexity index is 629. The lowest BCUT2D eigenvalue weighted by Gasteiger charge is -2.34. The van der Waals surface area contributed by atoms with Gasteiger partial charge in [-0.1, -0.05) is 18.2 Å². The Morgan fingerprint density at radius 3 is 2.88 bits per heavy atom. The van der Waals surface area contributed by atoms with Crippen LogP contribution in [0.1, 0.15) is 24.4 Å². The Morgan fingerprint density at radius 2 is 2.12 bits per heavy atom. The zero-order chi connectivity index (χ0) is 17.4. The van der Waals surface area contributed by atoms with E-state index in [2.05, 4.69) is 33.3 Å². The van der Waals surface area contributed by atoms with Gasteiger partial charge in [0.15, 0.2) is 0 Å². The molecule has 0 bridgehead atoms. The van der Waals surface area contributed by atoms with Crippen LogP contribution in [0.2, 0.25) is 0 Å². The largest absolute Gasteiger partial charge is 0.493 e. The maximum absolute atomic E-state index is 12.8. The number of para-hydroxylation sites is 1. The van der Waals surface area contributed by atoms with Gasteiger partial charge in [0.2, 0.25) is 5.91 Å². The van der Waals surface area contributed by atoms with E-state index < -0.39 is 0 Å². The predicted molar refractivity (Wildman–Crippen MR) is 97.5 cm³/mol. The molecule has 4 rings (SSSR count). The van der Waals surface area contributed by atoms with Crippen LogP contribution in [0.5, 0.6) is 5.75 Å². The van der Waals surface area contributed by atoms with Crippen LogP contribution in [0.25, 0.3) is 0 Å². The van der Waals surface area contributed by atoms with Crippen molar-refractivity contribution in [3.63, 3.8) is 0 Å². The Balaban J connectivity index is 1.52. The zero-order valence-electron chi connectivity index (χ0n) is 15.3. The molecule has 0 unspecified atom stereocenters. The van der Waals surface area contributed by atoms with Crippen LogP contribution in [-0.4, -0.2) is 62.6 Å². The van der Waals surface area contributed by atoms with E-state index in [1.165, 1.54) is 18.4 Å². The van der Waals surface area contributed by atoms with Crippen LogP contribution < -0.4 is 10.1 Å². The van der Waals surface area contributed by atoms with Crippen molar-refractivity contribution in [3.8, 4) is 5.75 Å². The fourth-order valence-electron chi connectivity index (χ4n) is 4.30. The van der Waals surface area contributed by atoms with E-state index in [0.29, 0.717) is 19.2 Å². The maximum Gasteiger partial charge on any atom is 0.224 e. The highest BCUT2D eigenvalue weighted by Crippen LogP contribution is 2.48. The van der Waals surface area contributed by atoms with Crippen molar-refractivity contribution in [3.05, 3.63) is 29.8 Å². The van der Waals surface area contributed by atoms with Gasteiger partial charge in [0, 0.05) is 43.7 Å². The summed E-state index contributed by atoms with van der Waals surface area (Å²) in [6.45, 7) is 4.21. The fourth-order valence-corrected chi connectivity index (χ4v) is 4.30. The topological polar surface area (TPSA) is 44.8 Å². The number of likely N-dealkylation sites (tertiary alicyclic amines) is 1. The molecule has 5 nitrogen and oxygen atoms in total. The summed E-state index contributed by atoms with van der Waals surface area (Å²) in [5, 5.41) is 3.14. The Labute approximate surface area is 150 Å². The highest BCUT2D eigenvalue weighted by Gasteiger charge is 2.49. The number of amides is 1. The smallest absolute Gasteiger partial charge is 0.224 e. The summed E-state index contributed by atoms with van der Waals surface area (Å²) in [5.74, 6) is 2.30. The lowest BCUT2D eigenvalue weighted by Crippen LogP contribution is -2.40. The van der Waals surface area contributed by atoms with Crippen molar-refractivity contribution < 1.29 is 9.53 Å². The second-order valence-corrected chi connectivity index (χ2v) is 8.06. The summed E-state index contributed by atoms with van der Waals surface area (Å²) >= 11 is 0. The summed E-state index contributed by atoms with van der Waals surface area (Å²) < 4.78 is 6.01. The first kappa shape index (κ1) is 16.9. The third kappa shape index (κ3) is 3.53. The number of carbonyl (C=O) groups is 1. The van der Waals surface area contributed by atoms with Gasteiger partial charge in [-0.15, -0.1) is 0 Å². The average molecular weight is 343 g/mol. The van der Waals surface area contributed by atoms with E-state index in [0.717, 1.165) is 31.3 Å². The first-order valence-electron chi connectivity index (χ1n) is 9.51. The first-order valence-corrected chi connectivity index (χ1v) is 9.51. The molecule has 1 aromatic carbocycles. The molecule has 25 heavy (non-hydrogen) atoms. The number of carbonyl (C=O) groups excluding carboxylic acids is 1. The van der Waals surface area contributed by atoms with E-state index in [1.807, 2.05) is 20.2 Å². The molecule has 1 amide bonds. The van der Waals surface area contributed by atoms with Gasteiger partial charge in [0.1, 0.15) is 5.75 Å². The van der Waals surface area contributed by atoms with E-state index in [9.17, 15) is 4.79 Å². The minimum atomic E-state index is 0.0271. The zero-order valence-corrected chi connectivity index (χ0v) is 15.3. The molecule has 1 aromatic rings. The van der Waals surface area contributed by atoms with Gasteiger partial charge in [0.05, 0.1) is 12.5 Å². The van der Waals surface area contributed by atoms with Crippen molar-refractivity contribution in [1.82, 2.24) is 15.1 Å². The molecule has 2 fully saturated rings. The van der Waals surface area contributed by atoms with Gasteiger partial charge in [-0.3, -0.25) is 9.69 Å². The number of hydrogen-bond acceptors (Lipinski definition) is 4. The molecular formula is C20H29N3O2. The minimum Gasteiger partial charge on any atom is -0.493 e. The molecule has 5 heteroatoms. The van der Waals surface area contributed by atoms with Gasteiger partial charge in [-0.25, -0.2) is 0 Å². The summed E-state index contributed by atoms with van der Waals surface area (Å²) in [6, 6.07) is 8.69. The van der Waals surface area contributed by atoms with Crippen LogP contribution >= 0.6 is 0 Å². The van der Waals surface area contributed by atoms with E-state index in [-0.39, 0.29) is 17.7 Å². The van der Waals surface area contributed by atoms with Crippen LogP contribution in [0, 0.1) is 17.8 Å². The lowest BCUT2D eigenvalue weighted by atomic mass is 9.85. The van der Waals surface area contributed by atoms with E-state index >= 15 is 0 Å². The Morgan fingerprint density at radius 1 is 1.32 bits per heavy atom. The molecule has 1 N–H and O–H groups in total. The quantitative estimate of drug-likeness (QED) is 0.855. The number of ether oxygens (including phenoxy) is 1. The Kier molecular flexibility index (Phi) is 4.69. The standard InChI is InChI=1S/C20H29N3O2/c1-22(2)10-9-21-20(24)16-12-23(11-14-7-8-14)19-15-5-3-4-6-18(15)25-13-17(16)19/h3-6,14,16-17,19H,7-13H2,1-2H3,(H,21,24)/t16-,17+,19+/m1/s1. The molecule has 1 aliphatic carbocycles. The highest BCUT2D eigenvalue weighted by molar-refractivity contribution is 5.80. The molecule has 1 saturated heterocycles. The Hall–Kier alpha value is -1.59. The second kappa shape index (κ2) is 6.96. The number of fused-ring (bicyclic) bond motifs is 3. The van der Waals surface area contributed by atoms with Crippen LogP contribution in [0.3, 0.4) is 0 Å². The van der Waals surface area contributed by atoms with Gasteiger partial charge < -0.3 is 15.0 Å². The maximum atomic E-state index is 12.8. The van der Waals surface area contributed by atoms with Gasteiger partial charge in [-0.2, -0.15) is 0 Å². The van der Waals surface area contributed by atoms with Gasteiger partial charge in [-0.05, 0) is 38.9 Å². The molecular weight excluding hydrogens is 314 g/mol. The van der Waals surface area contributed by atoms with Gasteiger partial charge >= 0.3 is 0 Å². The van der Waals surface area contributed by atoms with Crippen molar-refractivity contribution in [2.24, 2.45) is 17.8 Å². The number of nitrogens with one attached hydrogen (secondary N) is 1. The van der Waals surface area contributed by atoms with Crippen molar-refractivity contribution in [2.45, 2.75) is 18.9 Å². The SMILES string of the molecule is CN(C)CCNC(=O)[C@@H]1CN(CC2CC2)[C@H]2c3ccccc3OC[C@@H]12. The number of hydrogen-bond donors (Lipinski definition) is 1. The van der Waals surface area contributed by atoms with Gasteiger partial charge in [0.25, 0.3) is 0 Å². The highest BCUT2D eigenvalue weighted by atomic mass is 16.5. The molecule has 0 aromatic heterocycles. The predicted octanol–water partition coefficient (Wildman–Crippen LogP) is 1.76. The average Bonchev–Trinajstić information content (AvgIpc) is 3.33. The first-order chi connectivity index (χ1) is 12.1. The normalized spacial score (nSPS) is 28.4. The van der Waals surface area contributed by atoms with Crippen molar-refractivity contribution in [1.29, 1.82) is 0 Å². The molecule has 136 valence electrons. The number of benzene rings is 1. The molecule has 2 aliphatic heterocycles. The molecule has 0 radical (unpaired) electrons. The summed E-state index contributed by atoms with van der Waals surface area (Å²) in [4.78, 5) is 17.5. The van der Waals surface area contributed by atoms with Crippen LogP contribution in [0.4, 0.5) is 0 Å². The summed E-state index contributed by atoms with van der Waals surface area (Å²) in [5.41, 5.74) is 1.27. The van der Waals surface area contributed by atoms with Crippen LogP contribution in [0.15, 0.2) is 24.3 Å². The van der Waals surface area contributed by atoms with Crippen molar-refractivity contribution >= 4 is 5.91 Å². The van der Waals surface area contributed by atoms with Crippen molar-refractivity contribution in [2.75, 3.05) is 46.9 Å². The molecule has 2 heterocycles. The monoisotopic (exact) mass is 343 g/mol. The fraction of sp³-hybridized carbons (Fsp3) is 0.650. The van der Waals surface area contributed by atoms with Crippen LogP contribution in [-0.2, 0) is 4.79 Å². The molecule has 3 atom stereocenters. The molecule has 3 aliphatic rings. The number of likely N-dealkylation sites (N-methyl/N-ethyl adjacent to an activating group) is 1. The lowest BCUT2D eigenvalue weighted by molar-refractivity contribution is -0.126. The summed E-state index contributed by atoms with van der Waals surface area (Å²) in [6.07, 6.45) is 2.68. The molecule has 0 spiro atoms. The third-order valence-corrected chi connectivity index (χ3v) is 5.80. The minimum absolute atomic E-state index is 0.0271. The number of nitrogens with zero attached hydrogens (tertiary/aromatic N) is 2.